The van der Waals surface area contributed by atoms with Gasteiger partial charge < -0.3 is 9.80 Å². The lowest BCUT2D eigenvalue weighted by atomic mass is 10.1. The quantitative estimate of drug-likeness (QED) is 0.854. The molecule has 0 unspecified atom stereocenters. The number of aromatic nitrogens is 2. The summed E-state index contributed by atoms with van der Waals surface area (Å²) in [6.45, 7) is 9.09. The van der Waals surface area contributed by atoms with Crippen LogP contribution in [0.2, 0.25) is 0 Å². The molecule has 0 atom stereocenters. The highest BCUT2D eigenvalue weighted by atomic mass is 32.1. The third-order valence-corrected chi connectivity index (χ3v) is 4.72. The van der Waals surface area contributed by atoms with E-state index in [0.717, 1.165) is 53.0 Å². The summed E-state index contributed by atoms with van der Waals surface area (Å²) in [5.41, 5.74) is 3.05. The molecule has 6 heteroatoms. The normalized spacial score (nSPS) is 15.2. The zero-order chi connectivity index (χ0) is 15.7. The topological polar surface area (TPSA) is 49.3 Å². The highest BCUT2D eigenvalue weighted by Crippen LogP contribution is 2.21. The van der Waals surface area contributed by atoms with Gasteiger partial charge in [0.15, 0.2) is 0 Å². The van der Waals surface area contributed by atoms with Gasteiger partial charge in [-0.25, -0.2) is 0 Å². The summed E-state index contributed by atoms with van der Waals surface area (Å²) in [4.78, 5) is 16.8. The number of rotatable bonds is 2. The number of nitrogens with zero attached hydrogens (tertiary/aromatic N) is 4. The van der Waals surface area contributed by atoms with Crippen LogP contribution in [-0.4, -0.2) is 47.2 Å². The maximum absolute atomic E-state index is 12.6. The maximum Gasteiger partial charge on any atom is 0.253 e. The van der Waals surface area contributed by atoms with Gasteiger partial charge in [0.2, 0.25) is 5.13 Å². The monoisotopic (exact) mass is 316 g/mol. The summed E-state index contributed by atoms with van der Waals surface area (Å²) in [6.07, 6.45) is 0. The highest BCUT2D eigenvalue weighted by molar-refractivity contribution is 7.15. The molecule has 2 heterocycles. The largest absolute Gasteiger partial charge is 0.343 e. The summed E-state index contributed by atoms with van der Waals surface area (Å²) >= 11 is 1.60. The number of hydrogen-bond acceptors (Lipinski definition) is 5. The number of amides is 1. The zero-order valence-electron chi connectivity index (χ0n) is 13.2. The fourth-order valence-electron chi connectivity index (χ4n) is 2.80. The number of benzene rings is 1. The molecule has 5 nitrogen and oxygen atoms in total. The molecular weight excluding hydrogens is 296 g/mol. The molecule has 0 bridgehead atoms. The average Bonchev–Trinajstić information content (AvgIpc) is 2.92. The van der Waals surface area contributed by atoms with Gasteiger partial charge in [-0.1, -0.05) is 28.5 Å². The van der Waals surface area contributed by atoms with E-state index < -0.39 is 0 Å². The Bertz CT molecular complexity index is 669. The van der Waals surface area contributed by atoms with Gasteiger partial charge in [0.05, 0.1) is 0 Å². The zero-order valence-corrected chi connectivity index (χ0v) is 14.0. The molecule has 1 amide bonds. The van der Waals surface area contributed by atoms with E-state index in [9.17, 15) is 4.79 Å². The van der Waals surface area contributed by atoms with Crippen molar-refractivity contribution < 1.29 is 4.79 Å². The van der Waals surface area contributed by atoms with E-state index in [1.54, 1.807) is 11.3 Å². The molecule has 0 saturated carbocycles. The standard InChI is InChI=1S/C16H20N4OS/c1-11-8-12(2)10-14(9-11)15(21)19-4-6-20(7-5-19)16-18-17-13(3)22-16/h8-10H,4-7H2,1-3H3. The number of piperazine rings is 1. The third kappa shape index (κ3) is 3.11. The lowest BCUT2D eigenvalue weighted by Crippen LogP contribution is -2.48. The van der Waals surface area contributed by atoms with Crippen molar-refractivity contribution in [1.82, 2.24) is 15.1 Å². The maximum atomic E-state index is 12.6. The van der Waals surface area contributed by atoms with E-state index in [1.165, 1.54) is 0 Å². The highest BCUT2D eigenvalue weighted by Gasteiger charge is 2.24. The van der Waals surface area contributed by atoms with Crippen LogP contribution < -0.4 is 4.90 Å². The van der Waals surface area contributed by atoms with E-state index in [0.29, 0.717) is 0 Å². The van der Waals surface area contributed by atoms with Crippen molar-refractivity contribution in [2.24, 2.45) is 0 Å². The van der Waals surface area contributed by atoms with Crippen molar-refractivity contribution in [3.8, 4) is 0 Å². The van der Waals surface area contributed by atoms with Gasteiger partial charge in [-0.05, 0) is 32.9 Å². The molecule has 0 N–H and O–H groups in total. The van der Waals surface area contributed by atoms with Gasteiger partial charge >= 0.3 is 0 Å². The molecule has 0 spiro atoms. The number of anilines is 1. The molecule has 1 aliphatic rings. The molecule has 0 aliphatic carbocycles. The van der Waals surface area contributed by atoms with Crippen molar-refractivity contribution >= 4 is 22.4 Å². The van der Waals surface area contributed by atoms with Crippen LogP contribution in [0.1, 0.15) is 26.5 Å². The minimum absolute atomic E-state index is 0.125. The van der Waals surface area contributed by atoms with Crippen LogP contribution in [0.15, 0.2) is 18.2 Å². The molecule has 2 aromatic rings. The number of hydrogen-bond donors (Lipinski definition) is 0. The molecule has 1 aromatic carbocycles. The van der Waals surface area contributed by atoms with Crippen LogP contribution in [-0.2, 0) is 0 Å². The van der Waals surface area contributed by atoms with Gasteiger partial charge in [-0.2, -0.15) is 0 Å². The SMILES string of the molecule is Cc1cc(C)cc(C(=O)N2CCN(c3nnc(C)s3)CC2)c1. The number of aryl methyl sites for hydroxylation is 3. The lowest BCUT2D eigenvalue weighted by Gasteiger charge is -2.34. The Balaban J connectivity index is 1.67. The molecule has 1 saturated heterocycles. The first-order valence-corrected chi connectivity index (χ1v) is 8.27. The van der Waals surface area contributed by atoms with E-state index in [1.807, 2.05) is 37.8 Å². The molecule has 116 valence electrons. The summed E-state index contributed by atoms with van der Waals surface area (Å²) in [5.74, 6) is 0.125. The molecule has 1 aliphatic heterocycles. The Labute approximate surface area is 134 Å². The Morgan fingerprint density at radius 3 is 2.18 bits per heavy atom. The van der Waals surface area contributed by atoms with E-state index in [4.69, 9.17) is 0 Å². The van der Waals surface area contributed by atoms with Crippen LogP contribution in [0.25, 0.3) is 0 Å². The van der Waals surface area contributed by atoms with Gasteiger partial charge in [-0.3, -0.25) is 4.79 Å². The van der Waals surface area contributed by atoms with E-state index >= 15 is 0 Å². The van der Waals surface area contributed by atoms with Crippen LogP contribution in [0.4, 0.5) is 5.13 Å². The summed E-state index contributed by atoms with van der Waals surface area (Å²) < 4.78 is 0. The summed E-state index contributed by atoms with van der Waals surface area (Å²) in [7, 11) is 0. The predicted octanol–water partition coefficient (Wildman–Crippen LogP) is 2.43. The molecule has 1 aromatic heterocycles. The molecular formula is C16H20N4OS. The fraction of sp³-hybridized carbons (Fsp3) is 0.438. The number of carbonyl (C=O) groups is 1. The van der Waals surface area contributed by atoms with Gasteiger partial charge in [-0.15, -0.1) is 10.2 Å². The van der Waals surface area contributed by atoms with Crippen LogP contribution in [0.3, 0.4) is 0 Å². The Morgan fingerprint density at radius 2 is 1.64 bits per heavy atom. The minimum Gasteiger partial charge on any atom is -0.343 e. The Morgan fingerprint density at radius 1 is 1.00 bits per heavy atom. The fourth-order valence-corrected chi connectivity index (χ4v) is 3.53. The lowest BCUT2D eigenvalue weighted by molar-refractivity contribution is 0.0746. The average molecular weight is 316 g/mol. The van der Waals surface area contributed by atoms with Crippen LogP contribution in [0, 0.1) is 20.8 Å². The smallest absolute Gasteiger partial charge is 0.253 e. The molecule has 0 radical (unpaired) electrons. The number of carbonyl (C=O) groups excluding carboxylic acids is 1. The Kier molecular flexibility index (Phi) is 4.11. The second kappa shape index (κ2) is 6.04. The van der Waals surface area contributed by atoms with Crippen molar-refractivity contribution in [2.75, 3.05) is 31.1 Å². The first-order chi connectivity index (χ1) is 10.5. The van der Waals surface area contributed by atoms with Crippen molar-refractivity contribution in [3.05, 3.63) is 39.9 Å². The van der Waals surface area contributed by atoms with E-state index in [-0.39, 0.29) is 5.91 Å². The van der Waals surface area contributed by atoms with Crippen LogP contribution in [0.5, 0.6) is 0 Å². The van der Waals surface area contributed by atoms with Crippen molar-refractivity contribution in [3.63, 3.8) is 0 Å². The molecule has 1 fully saturated rings. The second-order valence-corrected chi connectivity index (χ2v) is 6.92. The summed E-state index contributed by atoms with van der Waals surface area (Å²) in [6, 6.07) is 6.03. The van der Waals surface area contributed by atoms with Gasteiger partial charge in [0, 0.05) is 31.7 Å². The molecule has 3 rings (SSSR count). The van der Waals surface area contributed by atoms with Gasteiger partial charge in [0.1, 0.15) is 5.01 Å². The van der Waals surface area contributed by atoms with Crippen LogP contribution >= 0.6 is 11.3 Å². The minimum atomic E-state index is 0.125. The summed E-state index contributed by atoms with van der Waals surface area (Å²) in [5, 5.41) is 10.2. The van der Waals surface area contributed by atoms with Crippen molar-refractivity contribution in [1.29, 1.82) is 0 Å². The molecule has 22 heavy (non-hydrogen) atoms. The van der Waals surface area contributed by atoms with E-state index in [2.05, 4.69) is 21.2 Å². The predicted molar refractivity (Wildman–Crippen MR) is 88.7 cm³/mol. The second-order valence-electron chi connectivity index (χ2n) is 5.76. The van der Waals surface area contributed by atoms with Crippen molar-refractivity contribution in [2.45, 2.75) is 20.8 Å². The Hall–Kier alpha value is -1.95. The van der Waals surface area contributed by atoms with Gasteiger partial charge in [0.25, 0.3) is 5.91 Å². The third-order valence-electron chi connectivity index (χ3n) is 3.82. The first-order valence-electron chi connectivity index (χ1n) is 7.45. The first kappa shape index (κ1) is 15.0.